The molecule has 20 heavy (non-hydrogen) atoms. The van der Waals surface area contributed by atoms with Crippen LogP contribution in [0.1, 0.15) is 43.7 Å². The lowest BCUT2D eigenvalue weighted by Crippen LogP contribution is -2.16. The Balaban J connectivity index is 2.00. The van der Waals surface area contributed by atoms with Gasteiger partial charge in [0.15, 0.2) is 0 Å². The largest absolute Gasteiger partial charge is 0.489 e. The minimum Gasteiger partial charge on any atom is -0.489 e. The Bertz CT molecular complexity index is 592. The van der Waals surface area contributed by atoms with Crippen LogP contribution in [0.2, 0.25) is 0 Å². The molecule has 0 bridgehead atoms. The van der Waals surface area contributed by atoms with Gasteiger partial charge in [-0.15, -0.1) is 0 Å². The van der Waals surface area contributed by atoms with Crippen LogP contribution in [-0.4, -0.2) is 6.61 Å². The van der Waals surface area contributed by atoms with Crippen molar-refractivity contribution in [1.29, 1.82) is 0 Å². The predicted octanol–water partition coefficient (Wildman–Crippen LogP) is 5.11. The van der Waals surface area contributed by atoms with Crippen LogP contribution in [0.3, 0.4) is 0 Å². The van der Waals surface area contributed by atoms with Gasteiger partial charge in [0.2, 0.25) is 0 Å². The molecule has 1 aromatic carbocycles. The summed E-state index contributed by atoms with van der Waals surface area (Å²) in [6.07, 6.45) is 8.91. The number of hydrogen-bond acceptors (Lipinski definition) is 1. The molecule has 1 aromatic rings. The summed E-state index contributed by atoms with van der Waals surface area (Å²) < 4.78 is 5.92. The number of ether oxygens (including phenoxy) is 1. The Hall–Kier alpha value is -1.76. The molecule has 0 aromatic heterocycles. The second-order valence-corrected chi connectivity index (χ2v) is 5.99. The predicted molar refractivity (Wildman–Crippen MR) is 85.0 cm³/mol. The maximum absolute atomic E-state index is 5.92. The van der Waals surface area contributed by atoms with E-state index < -0.39 is 0 Å². The summed E-state index contributed by atoms with van der Waals surface area (Å²) in [6.45, 7) is 9.23. The number of rotatable bonds is 2. The first-order valence-electron chi connectivity index (χ1n) is 7.41. The highest BCUT2D eigenvalue weighted by atomic mass is 16.5. The van der Waals surface area contributed by atoms with Gasteiger partial charge < -0.3 is 4.74 Å². The summed E-state index contributed by atoms with van der Waals surface area (Å²) in [6, 6.07) is 6.50. The van der Waals surface area contributed by atoms with E-state index in [2.05, 4.69) is 56.9 Å². The van der Waals surface area contributed by atoms with E-state index >= 15 is 0 Å². The molecule has 1 heterocycles. The lowest BCUT2D eigenvalue weighted by molar-refractivity contribution is 0.349. The normalized spacial score (nSPS) is 24.6. The topological polar surface area (TPSA) is 9.23 Å². The summed E-state index contributed by atoms with van der Waals surface area (Å²) in [4.78, 5) is 0. The molecule has 0 amide bonds. The van der Waals surface area contributed by atoms with Crippen LogP contribution in [0, 0.1) is 5.92 Å². The van der Waals surface area contributed by atoms with Gasteiger partial charge in [-0.3, -0.25) is 0 Å². The zero-order valence-electron chi connectivity index (χ0n) is 12.4. The Morgan fingerprint density at radius 1 is 1.35 bits per heavy atom. The number of para-hydroxylation sites is 1. The maximum Gasteiger partial charge on any atom is 0.130 e. The van der Waals surface area contributed by atoms with E-state index in [0.29, 0.717) is 18.4 Å². The van der Waals surface area contributed by atoms with Crippen molar-refractivity contribution in [1.82, 2.24) is 0 Å². The number of allylic oxidation sites excluding steroid dienone is 3. The molecule has 0 saturated carbocycles. The monoisotopic (exact) mass is 266 g/mol. The molecule has 3 rings (SSSR count). The van der Waals surface area contributed by atoms with Crippen molar-refractivity contribution in [2.45, 2.75) is 32.6 Å². The van der Waals surface area contributed by atoms with Crippen LogP contribution >= 0.6 is 0 Å². The first-order chi connectivity index (χ1) is 9.66. The molecule has 2 aliphatic rings. The van der Waals surface area contributed by atoms with Crippen LogP contribution in [0.15, 0.2) is 48.1 Å². The van der Waals surface area contributed by atoms with E-state index in [-0.39, 0.29) is 0 Å². The third kappa shape index (κ3) is 2.33. The second kappa shape index (κ2) is 5.32. The second-order valence-electron chi connectivity index (χ2n) is 5.99. The van der Waals surface area contributed by atoms with Gasteiger partial charge in [-0.25, -0.2) is 0 Å². The average Bonchev–Trinajstić information content (AvgIpc) is 2.47. The van der Waals surface area contributed by atoms with Crippen LogP contribution in [0.5, 0.6) is 5.75 Å². The quantitative estimate of drug-likeness (QED) is 0.676. The van der Waals surface area contributed by atoms with E-state index in [1.54, 1.807) is 0 Å². The van der Waals surface area contributed by atoms with Crippen molar-refractivity contribution in [2.24, 2.45) is 5.92 Å². The van der Waals surface area contributed by atoms with Crippen LogP contribution in [0.4, 0.5) is 0 Å². The lowest BCUT2D eigenvalue weighted by atomic mass is 9.75. The summed E-state index contributed by atoms with van der Waals surface area (Å²) >= 11 is 0. The van der Waals surface area contributed by atoms with Gasteiger partial charge in [-0.05, 0) is 38.7 Å². The molecular weight excluding hydrogens is 244 g/mol. The molecule has 104 valence electrons. The average molecular weight is 266 g/mol. The molecule has 0 fully saturated rings. The number of hydrogen-bond donors (Lipinski definition) is 0. The molecule has 2 atom stereocenters. The SMILES string of the molecule is C=C(C)[C@H]1CC=C(C)[C@H](c2cccc3c2OCC=C3)C1. The maximum atomic E-state index is 5.92. The molecule has 1 nitrogen and oxygen atoms in total. The summed E-state index contributed by atoms with van der Waals surface area (Å²) in [7, 11) is 0. The van der Waals surface area contributed by atoms with E-state index in [0.717, 1.165) is 18.6 Å². The van der Waals surface area contributed by atoms with E-state index in [1.165, 1.54) is 22.3 Å². The summed E-state index contributed by atoms with van der Waals surface area (Å²) in [5, 5.41) is 0. The summed E-state index contributed by atoms with van der Waals surface area (Å²) in [5.41, 5.74) is 5.31. The van der Waals surface area contributed by atoms with E-state index in [1.807, 2.05) is 0 Å². The number of fused-ring (bicyclic) bond motifs is 1. The highest BCUT2D eigenvalue weighted by Gasteiger charge is 2.27. The van der Waals surface area contributed by atoms with Crippen molar-refractivity contribution < 1.29 is 4.74 Å². The zero-order chi connectivity index (χ0) is 14.1. The van der Waals surface area contributed by atoms with Crippen LogP contribution in [0.25, 0.3) is 6.08 Å². The van der Waals surface area contributed by atoms with Crippen molar-refractivity contribution in [2.75, 3.05) is 6.61 Å². The number of benzene rings is 1. The molecule has 0 unspecified atom stereocenters. The van der Waals surface area contributed by atoms with E-state index in [9.17, 15) is 0 Å². The highest BCUT2D eigenvalue weighted by molar-refractivity contribution is 5.63. The van der Waals surface area contributed by atoms with Gasteiger partial charge in [0.05, 0.1) is 0 Å². The van der Waals surface area contributed by atoms with Crippen molar-refractivity contribution in [3.8, 4) is 5.75 Å². The smallest absolute Gasteiger partial charge is 0.130 e. The van der Waals surface area contributed by atoms with Crippen molar-refractivity contribution in [3.05, 3.63) is 59.2 Å². The molecule has 0 N–H and O–H groups in total. The van der Waals surface area contributed by atoms with Gasteiger partial charge in [0, 0.05) is 17.0 Å². The van der Waals surface area contributed by atoms with Crippen molar-refractivity contribution in [3.63, 3.8) is 0 Å². The van der Waals surface area contributed by atoms with Gasteiger partial charge in [0.25, 0.3) is 0 Å². The minimum atomic E-state index is 0.465. The molecule has 0 spiro atoms. The van der Waals surface area contributed by atoms with E-state index in [4.69, 9.17) is 4.74 Å². The first kappa shape index (κ1) is 13.2. The summed E-state index contributed by atoms with van der Waals surface area (Å²) in [5.74, 6) is 2.14. The molecule has 1 aliphatic heterocycles. The lowest BCUT2D eigenvalue weighted by Gasteiger charge is -2.31. The molecular formula is C19H22O. The molecule has 0 radical (unpaired) electrons. The molecule has 0 saturated heterocycles. The fraction of sp³-hybridized carbons (Fsp3) is 0.368. The highest BCUT2D eigenvalue weighted by Crippen LogP contribution is 2.44. The fourth-order valence-electron chi connectivity index (χ4n) is 3.26. The molecule has 1 heteroatoms. The Kier molecular flexibility index (Phi) is 3.52. The Morgan fingerprint density at radius 2 is 2.20 bits per heavy atom. The Morgan fingerprint density at radius 3 is 3.00 bits per heavy atom. The van der Waals surface area contributed by atoms with Gasteiger partial charge in [0.1, 0.15) is 12.4 Å². The minimum absolute atomic E-state index is 0.465. The molecule has 1 aliphatic carbocycles. The Labute approximate surface area is 121 Å². The van der Waals surface area contributed by atoms with Crippen LogP contribution in [-0.2, 0) is 0 Å². The fourth-order valence-corrected chi connectivity index (χ4v) is 3.26. The third-order valence-electron chi connectivity index (χ3n) is 4.56. The zero-order valence-corrected chi connectivity index (χ0v) is 12.4. The van der Waals surface area contributed by atoms with Crippen LogP contribution < -0.4 is 4.74 Å². The van der Waals surface area contributed by atoms with Gasteiger partial charge >= 0.3 is 0 Å². The third-order valence-corrected chi connectivity index (χ3v) is 4.56. The van der Waals surface area contributed by atoms with Gasteiger partial charge in [-0.1, -0.05) is 48.1 Å². The first-order valence-corrected chi connectivity index (χ1v) is 7.41. The van der Waals surface area contributed by atoms with Crippen molar-refractivity contribution >= 4 is 6.08 Å². The standard InChI is InChI=1S/C19H22O/c1-13(2)16-10-9-14(3)18(12-16)17-8-4-6-15-7-5-11-20-19(15)17/h4-9,16,18H,1,10-12H2,2-3H3/t16-,18+/m0/s1. The van der Waals surface area contributed by atoms with Gasteiger partial charge in [-0.2, -0.15) is 0 Å².